The maximum Gasteiger partial charge on any atom is 0.254 e. The van der Waals surface area contributed by atoms with Gasteiger partial charge in [-0.25, -0.2) is 0 Å². The summed E-state index contributed by atoms with van der Waals surface area (Å²) >= 11 is 0. The van der Waals surface area contributed by atoms with Crippen LogP contribution < -0.4 is 5.32 Å². The van der Waals surface area contributed by atoms with Crippen LogP contribution in [-0.4, -0.2) is 54.5 Å². The molecule has 0 aromatic heterocycles. The molecule has 2 unspecified atom stereocenters. The molecular formula is C25H30N2O4. The van der Waals surface area contributed by atoms with Gasteiger partial charge in [0.1, 0.15) is 5.60 Å². The first-order valence-electron chi connectivity index (χ1n) is 10.9. The van der Waals surface area contributed by atoms with Gasteiger partial charge in [-0.15, -0.1) is 0 Å². The average molecular weight is 423 g/mol. The van der Waals surface area contributed by atoms with Gasteiger partial charge in [0.05, 0.1) is 25.4 Å². The summed E-state index contributed by atoms with van der Waals surface area (Å²) in [5, 5.41) is 3.36. The zero-order valence-corrected chi connectivity index (χ0v) is 18.2. The fourth-order valence-corrected chi connectivity index (χ4v) is 4.14. The minimum atomic E-state index is -0.867. The van der Waals surface area contributed by atoms with Crippen molar-refractivity contribution in [2.45, 2.75) is 44.7 Å². The minimum Gasteiger partial charge on any atom is -0.374 e. The number of ether oxygens (including phenoxy) is 2. The molecule has 1 N–H and O–H groups in total. The monoisotopic (exact) mass is 422 g/mol. The molecule has 31 heavy (non-hydrogen) atoms. The normalized spacial score (nSPS) is 24.0. The summed E-state index contributed by atoms with van der Waals surface area (Å²) < 4.78 is 11.9. The first-order chi connectivity index (χ1) is 15.0. The third-order valence-corrected chi connectivity index (χ3v) is 5.98. The topological polar surface area (TPSA) is 67.9 Å². The molecule has 2 fully saturated rings. The second-order valence-corrected chi connectivity index (χ2v) is 8.60. The van der Waals surface area contributed by atoms with Crippen LogP contribution >= 0.6 is 0 Å². The minimum absolute atomic E-state index is 0.0396. The summed E-state index contributed by atoms with van der Waals surface area (Å²) in [6.07, 6.45) is 0.488. The lowest BCUT2D eigenvalue weighted by Gasteiger charge is -2.45. The molecular weight excluding hydrogens is 392 g/mol. The largest absolute Gasteiger partial charge is 0.374 e. The number of carbonyl (C=O) groups is 2. The van der Waals surface area contributed by atoms with Crippen molar-refractivity contribution in [3.8, 4) is 0 Å². The van der Waals surface area contributed by atoms with E-state index in [0.29, 0.717) is 38.2 Å². The number of carbonyl (C=O) groups excluding carboxylic acids is 2. The molecule has 1 spiro atoms. The number of piperidine rings is 1. The van der Waals surface area contributed by atoms with E-state index in [2.05, 4.69) is 5.32 Å². The Balaban J connectivity index is 1.39. The van der Waals surface area contributed by atoms with E-state index < -0.39 is 5.60 Å². The Bertz CT molecular complexity index is 913. The lowest BCUT2D eigenvalue weighted by Crippen LogP contribution is -2.62. The molecule has 0 saturated carbocycles. The van der Waals surface area contributed by atoms with Gasteiger partial charge in [-0.05, 0) is 37.1 Å². The number of rotatable bonds is 5. The highest BCUT2D eigenvalue weighted by Gasteiger charge is 2.47. The molecule has 2 heterocycles. The maximum absolute atomic E-state index is 13.1. The fraction of sp³-hybridized carbons (Fsp3) is 0.440. The number of nitrogens with one attached hydrogen (secondary N) is 1. The molecule has 0 bridgehead atoms. The van der Waals surface area contributed by atoms with Crippen LogP contribution in [0.2, 0.25) is 0 Å². The first kappa shape index (κ1) is 21.7. The van der Waals surface area contributed by atoms with Crippen LogP contribution in [0.5, 0.6) is 0 Å². The summed E-state index contributed by atoms with van der Waals surface area (Å²) in [5.74, 6) is -0.162. The second kappa shape index (κ2) is 9.30. The lowest BCUT2D eigenvalue weighted by molar-refractivity contribution is -0.169. The molecule has 0 aliphatic carbocycles. The zero-order chi connectivity index (χ0) is 21.8. The van der Waals surface area contributed by atoms with Crippen LogP contribution in [0.1, 0.15) is 47.9 Å². The van der Waals surface area contributed by atoms with Gasteiger partial charge in [0.25, 0.3) is 5.91 Å². The quantitative estimate of drug-likeness (QED) is 0.802. The van der Waals surface area contributed by atoms with E-state index in [1.165, 1.54) is 0 Å². The number of amides is 1. The molecule has 2 aliphatic rings. The summed E-state index contributed by atoms with van der Waals surface area (Å²) in [7, 11) is 0. The molecule has 0 radical (unpaired) electrons. The average Bonchev–Trinajstić information content (AvgIpc) is 2.80. The third kappa shape index (κ3) is 4.87. The fourth-order valence-electron chi connectivity index (χ4n) is 4.14. The number of Topliss-reactive ketones (excluding diaryl/α,β-unsaturated/α-hetero) is 1. The summed E-state index contributed by atoms with van der Waals surface area (Å²) in [5.41, 5.74) is 1.80. The van der Waals surface area contributed by atoms with Crippen molar-refractivity contribution >= 4 is 11.7 Å². The number of likely N-dealkylation sites (tertiary alicyclic amines) is 1. The predicted octanol–water partition coefficient (Wildman–Crippen LogP) is 3.13. The van der Waals surface area contributed by atoms with Crippen LogP contribution in [0.4, 0.5) is 0 Å². The van der Waals surface area contributed by atoms with Crippen LogP contribution in [0.15, 0.2) is 54.6 Å². The Morgan fingerprint density at radius 1 is 1.19 bits per heavy atom. The second-order valence-electron chi connectivity index (χ2n) is 8.60. The summed E-state index contributed by atoms with van der Waals surface area (Å²) in [6.45, 7) is 6.23. The van der Waals surface area contributed by atoms with E-state index in [9.17, 15) is 9.59 Å². The lowest BCUT2D eigenvalue weighted by atomic mass is 9.87. The van der Waals surface area contributed by atoms with Crippen molar-refractivity contribution in [2.75, 3.05) is 26.2 Å². The van der Waals surface area contributed by atoms with Crippen LogP contribution in [-0.2, 0) is 20.9 Å². The van der Waals surface area contributed by atoms with Gasteiger partial charge in [-0.1, -0.05) is 42.5 Å². The highest BCUT2D eigenvalue weighted by atomic mass is 16.5. The number of hydrogen-bond donors (Lipinski definition) is 1. The van der Waals surface area contributed by atoms with Gasteiger partial charge in [-0.2, -0.15) is 0 Å². The Labute approximate surface area is 183 Å². The Morgan fingerprint density at radius 2 is 1.94 bits per heavy atom. The van der Waals surface area contributed by atoms with Gasteiger partial charge < -0.3 is 19.7 Å². The van der Waals surface area contributed by atoms with Crippen molar-refractivity contribution in [1.29, 1.82) is 0 Å². The highest BCUT2D eigenvalue weighted by Crippen LogP contribution is 2.33. The number of benzene rings is 2. The Hall–Kier alpha value is -2.54. The van der Waals surface area contributed by atoms with Crippen molar-refractivity contribution in [3.05, 3.63) is 71.3 Å². The van der Waals surface area contributed by atoms with Crippen molar-refractivity contribution < 1.29 is 19.1 Å². The molecule has 2 aromatic rings. The van der Waals surface area contributed by atoms with Crippen molar-refractivity contribution in [2.24, 2.45) is 0 Å². The number of hydrogen-bond acceptors (Lipinski definition) is 5. The Kier molecular flexibility index (Phi) is 6.51. The first-order valence-corrected chi connectivity index (χ1v) is 10.9. The smallest absolute Gasteiger partial charge is 0.254 e. The number of ketones is 1. The number of nitrogens with zero attached hydrogens (tertiary/aromatic N) is 1. The van der Waals surface area contributed by atoms with Crippen LogP contribution in [0, 0.1) is 0 Å². The molecule has 1 amide bonds. The Morgan fingerprint density at radius 3 is 2.61 bits per heavy atom. The SMILES string of the molecule is CC(C)OCc1ccc(C(=O)N2CCC3(CNCC(c4ccccc4)O3)C(=O)C2)cc1. The van der Waals surface area contributed by atoms with E-state index in [0.717, 1.165) is 11.1 Å². The molecule has 164 valence electrons. The van der Waals surface area contributed by atoms with Crippen LogP contribution in [0.25, 0.3) is 0 Å². The van der Waals surface area contributed by atoms with E-state index in [-0.39, 0.29) is 30.4 Å². The van der Waals surface area contributed by atoms with Gasteiger partial charge in [-0.3, -0.25) is 9.59 Å². The molecule has 2 aliphatic heterocycles. The van der Waals surface area contributed by atoms with Crippen molar-refractivity contribution in [3.63, 3.8) is 0 Å². The van der Waals surface area contributed by atoms with E-state index in [1.807, 2.05) is 56.3 Å². The molecule has 2 saturated heterocycles. The molecule has 6 heteroatoms. The maximum atomic E-state index is 13.1. The van der Waals surface area contributed by atoms with Gasteiger partial charge in [0.15, 0.2) is 5.78 Å². The van der Waals surface area contributed by atoms with Crippen LogP contribution in [0.3, 0.4) is 0 Å². The van der Waals surface area contributed by atoms with Gasteiger partial charge >= 0.3 is 0 Å². The van der Waals surface area contributed by atoms with Gasteiger partial charge in [0.2, 0.25) is 0 Å². The third-order valence-electron chi connectivity index (χ3n) is 5.98. The standard InChI is InChI=1S/C25H30N2O4/c1-18(2)30-16-19-8-10-21(11-9-19)24(29)27-13-12-25(23(28)15-27)17-26-14-22(31-25)20-6-4-3-5-7-20/h3-11,18,22,26H,12-17H2,1-2H3. The molecule has 2 aromatic carbocycles. The molecule has 4 rings (SSSR count). The zero-order valence-electron chi connectivity index (χ0n) is 18.2. The highest BCUT2D eigenvalue weighted by molar-refractivity contribution is 5.99. The summed E-state index contributed by atoms with van der Waals surface area (Å²) in [6, 6.07) is 17.4. The van der Waals surface area contributed by atoms with Gasteiger partial charge in [0, 0.05) is 31.6 Å². The van der Waals surface area contributed by atoms with E-state index in [1.54, 1.807) is 17.0 Å². The summed E-state index contributed by atoms with van der Waals surface area (Å²) in [4.78, 5) is 27.7. The predicted molar refractivity (Wildman–Crippen MR) is 118 cm³/mol. The van der Waals surface area contributed by atoms with Crippen molar-refractivity contribution in [1.82, 2.24) is 10.2 Å². The number of morpholine rings is 1. The van der Waals surface area contributed by atoms with E-state index in [4.69, 9.17) is 9.47 Å². The van der Waals surface area contributed by atoms with E-state index >= 15 is 0 Å². The molecule has 6 nitrogen and oxygen atoms in total. The molecule has 2 atom stereocenters.